The number of nitrogens with zero attached hydrogens (tertiary/aromatic N) is 2. The lowest BCUT2D eigenvalue weighted by molar-refractivity contribution is 0.534. The molecule has 0 radical (unpaired) electrons. The highest BCUT2D eigenvalue weighted by atomic mass is 32.1. The number of aromatic nitrogens is 2. The first-order chi connectivity index (χ1) is 8.50. The molecular formula is C13H20N4S. The van der Waals surface area contributed by atoms with Gasteiger partial charge in [-0.3, -0.25) is 0 Å². The maximum absolute atomic E-state index is 6.08. The number of hydrogen-bond acceptors (Lipinski definition) is 4. The highest BCUT2D eigenvalue weighted by molar-refractivity contribution is 7.08. The van der Waals surface area contributed by atoms with Gasteiger partial charge in [-0.15, -0.1) is 0 Å². The lowest BCUT2D eigenvalue weighted by atomic mass is 10.2. The van der Waals surface area contributed by atoms with Crippen molar-refractivity contribution in [2.24, 2.45) is 0 Å². The molecule has 0 aliphatic carbocycles. The minimum absolute atomic E-state index is 0.298. The van der Waals surface area contributed by atoms with Gasteiger partial charge < -0.3 is 11.1 Å². The monoisotopic (exact) mass is 264 g/mol. The smallest absolute Gasteiger partial charge is 0.148 e. The maximum atomic E-state index is 6.08. The number of rotatable bonds is 4. The Morgan fingerprint density at radius 3 is 2.67 bits per heavy atom. The highest BCUT2D eigenvalue weighted by Gasteiger charge is 2.14. The van der Waals surface area contributed by atoms with E-state index in [0.29, 0.717) is 6.04 Å². The van der Waals surface area contributed by atoms with E-state index in [4.69, 9.17) is 5.73 Å². The first-order valence-electron chi connectivity index (χ1n) is 6.10. The van der Waals surface area contributed by atoms with E-state index in [2.05, 4.69) is 41.9 Å². The number of anilines is 2. The molecule has 0 amide bonds. The fourth-order valence-electron chi connectivity index (χ4n) is 1.86. The van der Waals surface area contributed by atoms with Crippen LogP contribution in [0.5, 0.6) is 0 Å². The van der Waals surface area contributed by atoms with Gasteiger partial charge in [0.15, 0.2) is 0 Å². The summed E-state index contributed by atoms with van der Waals surface area (Å²) in [5, 5.41) is 12.2. The molecule has 0 saturated carbocycles. The Balaban J connectivity index is 2.21. The van der Waals surface area contributed by atoms with E-state index >= 15 is 0 Å². The predicted octanol–water partition coefficient (Wildman–Crippen LogP) is 3.34. The summed E-state index contributed by atoms with van der Waals surface area (Å²) in [7, 11) is 0. The van der Waals surface area contributed by atoms with Crippen LogP contribution in [0.2, 0.25) is 0 Å². The van der Waals surface area contributed by atoms with E-state index in [-0.39, 0.29) is 0 Å². The second-order valence-electron chi connectivity index (χ2n) is 4.82. The van der Waals surface area contributed by atoms with Crippen molar-refractivity contribution in [2.45, 2.75) is 40.3 Å². The van der Waals surface area contributed by atoms with E-state index in [1.807, 2.05) is 11.6 Å². The van der Waals surface area contributed by atoms with Crippen LogP contribution in [-0.4, -0.2) is 9.78 Å². The van der Waals surface area contributed by atoms with Crippen LogP contribution in [0.4, 0.5) is 11.5 Å². The normalized spacial score (nSPS) is 11.2. The quantitative estimate of drug-likeness (QED) is 0.890. The van der Waals surface area contributed by atoms with E-state index in [0.717, 1.165) is 23.7 Å². The second-order valence-corrected chi connectivity index (χ2v) is 5.56. The predicted molar refractivity (Wildman–Crippen MR) is 78.1 cm³/mol. The number of thiophene rings is 1. The Kier molecular flexibility index (Phi) is 3.61. The third kappa shape index (κ3) is 2.36. The molecule has 0 spiro atoms. The molecule has 0 atom stereocenters. The topological polar surface area (TPSA) is 55.9 Å². The first kappa shape index (κ1) is 13.0. The summed E-state index contributed by atoms with van der Waals surface area (Å²) < 4.78 is 1.95. The van der Waals surface area contributed by atoms with Gasteiger partial charge in [-0.25, -0.2) is 4.68 Å². The van der Waals surface area contributed by atoms with Crippen molar-refractivity contribution in [1.82, 2.24) is 9.78 Å². The summed E-state index contributed by atoms with van der Waals surface area (Å²) >= 11 is 1.73. The summed E-state index contributed by atoms with van der Waals surface area (Å²) in [4.78, 5) is 0. The van der Waals surface area contributed by atoms with Gasteiger partial charge in [0.25, 0.3) is 0 Å². The Bertz CT molecular complexity index is 539. The van der Waals surface area contributed by atoms with Crippen molar-refractivity contribution in [3.8, 4) is 0 Å². The molecule has 98 valence electrons. The number of hydrogen-bond donors (Lipinski definition) is 2. The van der Waals surface area contributed by atoms with E-state index in [9.17, 15) is 0 Å². The van der Waals surface area contributed by atoms with Gasteiger partial charge in [0, 0.05) is 12.6 Å². The molecule has 2 aromatic rings. The van der Waals surface area contributed by atoms with Gasteiger partial charge in [-0.05, 0) is 49.6 Å². The molecular weight excluding hydrogens is 244 g/mol. The summed E-state index contributed by atoms with van der Waals surface area (Å²) in [6.45, 7) is 9.06. The molecule has 0 aliphatic rings. The third-order valence-electron chi connectivity index (χ3n) is 3.03. The molecule has 3 N–H and O–H groups in total. The van der Waals surface area contributed by atoms with Crippen LogP contribution in [0.3, 0.4) is 0 Å². The van der Waals surface area contributed by atoms with Crippen LogP contribution in [0, 0.1) is 13.8 Å². The zero-order chi connectivity index (χ0) is 13.3. The fourth-order valence-corrected chi connectivity index (χ4v) is 2.71. The van der Waals surface area contributed by atoms with Gasteiger partial charge in [0.2, 0.25) is 0 Å². The van der Waals surface area contributed by atoms with Crippen LogP contribution in [0.15, 0.2) is 10.8 Å². The van der Waals surface area contributed by atoms with Crippen LogP contribution < -0.4 is 11.1 Å². The molecule has 0 saturated heterocycles. The van der Waals surface area contributed by atoms with Crippen molar-refractivity contribution in [2.75, 3.05) is 11.1 Å². The molecule has 5 heteroatoms. The minimum atomic E-state index is 0.298. The van der Waals surface area contributed by atoms with E-state index in [1.54, 1.807) is 11.3 Å². The number of nitrogens with two attached hydrogens (primary N) is 1. The average molecular weight is 264 g/mol. The van der Waals surface area contributed by atoms with Gasteiger partial charge in [0.05, 0.1) is 11.4 Å². The SMILES string of the molecule is Cc1cscc1CNc1c(N)c(C)nn1C(C)C. The van der Waals surface area contributed by atoms with Gasteiger partial charge in [-0.1, -0.05) is 0 Å². The lowest BCUT2D eigenvalue weighted by Crippen LogP contribution is -2.11. The molecule has 2 aromatic heterocycles. The Labute approximate surface area is 112 Å². The van der Waals surface area contributed by atoms with Crippen molar-refractivity contribution in [1.29, 1.82) is 0 Å². The van der Waals surface area contributed by atoms with Gasteiger partial charge >= 0.3 is 0 Å². The lowest BCUT2D eigenvalue weighted by Gasteiger charge is -2.13. The molecule has 18 heavy (non-hydrogen) atoms. The number of nitrogens with one attached hydrogen (secondary N) is 1. The number of aryl methyl sites for hydroxylation is 2. The third-order valence-corrected chi connectivity index (χ3v) is 3.94. The molecule has 2 rings (SSSR count). The fraction of sp³-hybridized carbons (Fsp3) is 0.462. The summed E-state index contributed by atoms with van der Waals surface area (Å²) in [5.74, 6) is 0.924. The van der Waals surface area contributed by atoms with Crippen molar-refractivity contribution >= 4 is 22.8 Å². The van der Waals surface area contributed by atoms with E-state index in [1.165, 1.54) is 11.1 Å². The van der Waals surface area contributed by atoms with Crippen LogP contribution >= 0.6 is 11.3 Å². The highest BCUT2D eigenvalue weighted by Crippen LogP contribution is 2.26. The van der Waals surface area contributed by atoms with Crippen LogP contribution in [-0.2, 0) is 6.54 Å². The molecule has 0 unspecified atom stereocenters. The largest absolute Gasteiger partial charge is 0.394 e. The van der Waals surface area contributed by atoms with Gasteiger partial charge in [0.1, 0.15) is 5.82 Å². The van der Waals surface area contributed by atoms with Crippen LogP contribution in [0.25, 0.3) is 0 Å². The average Bonchev–Trinajstić information content (AvgIpc) is 2.83. The molecule has 0 aliphatic heterocycles. The van der Waals surface area contributed by atoms with Crippen molar-refractivity contribution < 1.29 is 0 Å². The van der Waals surface area contributed by atoms with Crippen molar-refractivity contribution in [3.05, 3.63) is 27.6 Å². The molecule has 0 fully saturated rings. The zero-order valence-corrected chi connectivity index (χ0v) is 12.1. The number of nitrogen functional groups attached to an aromatic ring is 1. The zero-order valence-electron chi connectivity index (χ0n) is 11.3. The Morgan fingerprint density at radius 2 is 2.11 bits per heavy atom. The van der Waals surface area contributed by atoms with Crippen molar-refractivity contribution in [3.63, 3.8) is 0 Å². The maximum Gasteiger partial charge on any atom is 0.148 e. The van der Waals surface area contributed by atoms with E-state index < -0.39 is 0 Å². The minimum Gasteiger partial charge on any atom is -0.394 e. The van der Waals surface area contributed by atoms with Gasteiger partial charge in [-0.2, -0.15) is 16.4 Å². The summed E-state index contributed by atoms with van der Waals surface area (Å²) in [6.07, 6.45) is 0. The standard InChI is InChI=1S/C13H20N4S/c1-8(2)17-13(12(14)10(4)16-17)15-5-11-7-18-6-9(11)3/h6-8,15H,5,14H2,1-4H3. The Hall–Kier alpha value is -1.49. The first-order valence-corrected chi connectivity index (χ1v) is 7.05. The molecule has 0 bridgehead atoms. The van der Waals surface area contributed by atoms with Crippen LogP contribution in [0.1, 0.15) is 36.7 Å². The Morgan fingerprint density at radius 1 is 1.39 bits per heavy atom. The molecule has 2 heterocycles. The second kappa shape index (κ2) is 5.02. The molecule has 4 nitrogen and oxygen atoms in total. The summed E-state index contributed by atoms with van der Waals surface area (Å²) in [6, 6.07) is 0.298. The summed E-state index contributed by atoms with van der Waals surface area (Å²) in [5.41, 5.74) is 10.3. The molecule has 0 aromatic carbocycles.